The minimum Gasteiger partial charge on any atom is -0.333 e. The molecule has 0 radical (unpaired) electrons. The van der Waals surface area contributed by atoms with Crippen molar-refractivity contribution in [2.75, 3.05) is 0 Å². The number of thiophene rings is 1. The topological polar surface area (TPSA) is 62.7 Å². The van der Waals surface area contributed by atoms with E-state index < -0.39 is 0 Å². The second-order valence-corrected chi connectivity index (χ2v) is 5.99. The highest BCUT2D eigenvalue weighted by Crippen LogP contribution is 2.30. The zero-order valence-corrected chi connectivity index (χ0v) is 12.8. The molecular formula is C14H8BrN3OS. The molecule has 0 spiro atoms. The first kappa shape index (κ1) is 13.0. The molecule has 0 aliphatic rings. The van der Waals surface area contributed by atoms with Gasteiger partial charge >= 0.3 is 0 Å². The van der Waals surface area contributed by atoms with Crippen LogP contribution in [0.2, 0.25) is 0 Å². The molecule has 2 heterocycles. The highest BCUT2D eigenvalue weighted by Gasteiger charge is 2.16. The first-order valence-corrected chi connectivity index (χ1v) is 7.44. The zero-order chi connectivity index (χ0) is 14.1. The van der Waals surface area contributed by atoms with Crippen molar-refractivity contribution in [1.29, 1.82) is 5.26 Å². The summed E-state index contributed by atoms with van der Waals surface area (Å²) < 4.78 is 6.28. The van der Waals surface area contributed by atoms with E-state index in [1.54, 1.807) is 6.07 Å². The lowest BCUT2D eigenvalue weighted by Gasteiger charge is -2.00. The van der Waals surface area contributed by atoms with Crippen molar-refractivity contribution >= 4 is 27.3 Å². The van der Waals surface area contributed by atoms with Crippen molar-refractivity contribution in [3.63, 3.8) is 0 Å². The molecule has 0 unspecified atom stereocenters. The summed E-state index contributed by atoms with van der Waals surface area (Å²) in [7, 11) is 0. The summed E-state index contributed by atoms with van der Waals surface area (Å²) >= 11 is 4.84. The number of aromatic nitrogens is 2. The molecule has 0 saturated heterocycles. The number of nitrogens with zero attached hydrogens (tertiary/aromatic N) is 3. The molecule has 2 aromatic heterocycles. The van der Waals surface area contributed by atoms with Crippen LogP contribution >= 0.6 is 27.3 Å². The summed E-state index contributed by atoms with van der Waals surface area (Å²) in [4.78, 5) is 5.10. The van der Waals surface area contributed by atoms with Gasteiger partial charge in [0.2, 0.25) is 5.82 Å². The van der Waals surface area contributed by atoms with Crippen LogP contribution in [0.25, 0.3) is 22.2 Å². The standard InChI is InChI=1S/C14H8BrN3OS/c1-8-6-10(15)2-3-11(8)13-17-14(19-18-13)12-9(7-16)4-5-20-12/h2-6H,1H3. The van der Waals surface area contributed by atoms with E-state index in [2.05, 4.69) is 32.1 Å². The number of aryl methyl sites for hydroxylation is 1. The van der Waals surface area contributed by atoms with Crippen LogP contribution < -0.4 is 0 Å². The average molecular weight is 346 g/mol. The van der Waals surface area contributed by atoms with Crippen LogP contribution in [0.3, 0.4) is 0 Å². The zero-order valence-electron chi connectivity index (χ0n) is 10.4. The summed E-state index contributed by atoms with van der Waals surface area (Å²) in [5, 5.41) is 14.9. The van der Waals surface area contributed by atoms with E-state index in [9.17, 15) is 0 Å². The van der Waals surface area contributed by atoms with E-state index in [1.165, 1.54) is 11.3 Å². The molecule has 98 valence electrons. The van der Waals surface area contributed by atoms with Gasteiger partial charge in [0, 0.05) is 10.0 Å². The molecule has 0 fully saturated rings. The van der Waals surface area contributed by atoms with Gasteiger partial charge in [0.25, 0.3) is 5.89 Å². The van der Waals surface area contributed by atoms with Crippen molar-refractivity contribution in [1.82, 2.24) is 10.1 Å². The fourth-order valence-corrected chi connectivity index (χ4v) is 3.11. The molecule has 0 aliphatic carbocycles. The molecule has 1 aromatic carbocycles. The maximum atomic E-state index is 9.03. The van der Waals surface area contributed by atoms with Gasteiger partial charge in [-0.25, -0.2) is 0 Å². The van der Waals surface area contributed by atoms with E-state index in [4.69, 9.17) is 9.78 Å². The molecule has 6 heteroatoms. The van der Waals surface area contributed by atoms with Crippen LogP contribution in [0.15, 0.2) is 38.6 Å². The minimum absolute atomic E-state index is 0.383. The first-order chi connectivity index (χ1) is 9.69. The van der Waals surface area contributed by atoms with Gasteiger partial charge in [0.15, 0.2) is 0 Å². The largest absolute Gasteiger partial charge is 0.333 e. The third-order valence-electron chi connectivity index (χ3n) is 2.84. The average Bonchev–Trinajstić information content (AvgIpc) is 3.06. The van der Waals surface area contributed by atoms with Gasteiger partial charge in [-0.2, -0.15) is 10.2 Å². The third-order valence-corrected chi connectivity index (χ3v) is 4.23. The van der Waals surface area contributed by atoms with Gasteiger partial charge in [-0.15, -0.1) is 11.3 Å². The molecule has 0 saturated carbocycles. The fraction of sp³-hybridized carbons (Fsp3) is 0.0714. The van der Waals surface area contributed by atoms with Gasteiger partial charge in [0.1, 0.15) is 10.9 Å². The minimum atomic E-state index is 0.383. The third kappa shape index (κ3) is 2.26. The Morgan fingerprint density at radius 3 is 2.95 bits per heavy atom. The van der Waals surface area contributed by atoms with Gasteiger partial charge < -0.3 is 4.52 Å². The highest BCUT2D eigenvalue weighted by atomic mass is 79.9. The molecule has 0 aliphatic heterocycles. The summed E-state index contributed by atoms with van der Waals surface area (Å²) in [5.74, 6) is 0.913. The van der Waals surface area contributed by atoms with Crippen LogP contribution in [0, 0.1) is 18.3 Å². The smallest absolute Gasteiger partial charge is 0.269 e. The quantitative estimate of drug-likeness (QED) is 0.690. The first-order valence-electron chi connectivity index (χ1n) is 5.77. The summed E-state index contributed by atoms with van der Waals surface area (Å²) in [5.41, 5.74) is 2.52. The molecule has 0 bridgehead atoms. The molecule has 20 heavy (non-hydrogen) atoms. The maximum absolute atomic E-state index is 9.03. The van der Waals surface area contributed by atoms with Crippen molar-refractivity contribution in [3.05, 3.63) is 45.2 Å². The van der Waals surface area contributed by atoms with E-state index in [0.29, 0.717) is 22.2 Å². The Labute approximate surface area is 127 Å². The molecule has 0 amide bonds. The number of rotatable bonds is 2. The van der Waals surface area contributed by atoms with Crippen LogP contribution in [0.1, 0.15) is 11.1 Å². The fourth-order valence-electron chi connectivity index (χ4n) is 1.87. The lowest BCUT2D eigenvalue weighted by molar-refractivity contribution is 0.433. The molecule has 3 aromatic rings. The van der Waals surface area contributed by atoms with Gasteiger partial charge in [-0.05, 0) is 42.1 Å². The van der Waals surface area contributed by atoms with Crippen LogP contribution in [0.5, 0.6) is 0 Å². The van der Waals surface area contributed by atoms with Crippen molar-refractivity contribution in [2.45, 2.75) is 6.92 Å². The van der Waals surface area contributed by atoms with Crippen LogP contribution in [-0.4, -0.2) is 10.1 Å². The Hall–Kier alpha value is -1.97. The lowest BCUT2D eigenvalue weighted by Crippen LogP contribution is -1.85. The number of hydrogen-bond acceptors (Lipinski definition) is 5. The molecule has 0 N–H and O–H groups in total. The number of hydrogen-bond donors (Lipinski definition) is 0. The number of benzene rings is 1. The molecular weight excluding hydrogens is 338 g/mol. The van der Waals surface area contributed by atoms with Crippen molar-refractivity contribution in [3.8, 4) is 28.2 Å². The maximum Gasteiger partial charge on any atom is 0.269 e. The Morgan fingerprint density at radius 1 is 1.35 bits per heavy atom. The summed E-state index contributed by atoms with van der Waals surface area (Å²) in [6.45, 7) is 1.99. The number of nitriles is 1. The van der Waals surface area contributed by atoms with Gasteiger partial charge in [-0.1, -0.05) is 21.1 Å². The van der Waals surface area contributed by atoms with Crippen molar-refractivity contribution in [2.24, 2.45) is 0 Å². The van der Waals surface area contributed by atoms with E-state index in [1.807, 2.05) is 30.5 Å². The SMILES string of the molecule is Cc1cc(Br)ccc1-c1noc(-c2sccc2C#N)n1. The van der Waals surface area contributed by atoms with E-state index >= 15 is 0 Å². The molecule has 3 rings (SSSR count). The molecule has 4 nitrogen and oxygen atoms in total. The Kier molecular flexibility index (Phi) is 3.38. The normalized spacial score (nSPS) is 10.4. The van der Waals surface area contributed by atoms with Gasteiger partial charge in [-0.3, -0.25) is 0 Å². The second-order valence-electron chi connectivity index (χ2n) is 4.16. The summed E-state index contributed by atoms with van der Waals surface area (Å²) in [6, 6.07) is 9.73. The predicted octanol–water partition coefficient (Wildman–Crippen LogP) is 4.41. The van der Waals surface area contributed by atoms with Crippen molar-refractivity contribution < 1.29 is 4.52 Å². The Morgan fingerprint density at radius 2 is 2.20 bits per heavy atom. The van der Waals surface area contributed by atoms with Gasteiger partial charge in [0.05, 0.1) is 5.56 Å². The molecule has 0 atom stereocenters. The number of halogens is 1. The monoisotopic (exact) mass is 345 g/mol. The summed E-state index contributed by atoms with van der Waals surface area (Å²) in [6.07, 6.45) is 0. The van der Waals surface area contributed by atoms with Crippen LogP contribution in [0.4, 0.5) is 0 Å². The van der Waals surface area contributed by atoms with Crippen LogP contribution in [-0.2, 0) is 0 Å². The van der Waals surface area contributed by atoms with E-state index in [0.717, 1.165) is 15.6 Å². The Bertz CT molecular complexity index is 816. The predicted molar refractivity (Wildman–Crippen MR) is 80.2 cm³/mol. The Balaban J connectivity index is 2.05. The lowest BCUT2D eigenvalue weighted by atomic mass is 10.1. The van der Waals surface area contributed by atoms with E-state index in [-0.39, 0.29) is 0 Å². The highest BCUT2D eigenvalue weighted by molar-refractivity contribution is 9.10. The second kappa shape index (κ2) is 5.19.